The number of pyridine rings is 1. The molecule has 2 N–H and O–H groups in total. The number of nitrogens with zero attached hydrogens (tertiary/aromatic N) is 5. The smallest absolute Gasteiger partial charge is 0.153 e. The number of rotatable bonds is 2. The summed E-state index contributed by atoms with van der Waals surface area (Å²) >= 11 is 3.37. The molecule has 0 spiro atoms. The van der Waals surface area contributed by atoms with E-state index in [4.69, 9.17) is 5.73 Å². The second-order valence-corrected chi connectivity index (χ2v) is 5.80. The molecular weight excluding hydrogens is 332 g/mol. The van der Waals surface area contributed by atoms with Crippen molar-refractivity contribution in [1.29, 1.82) is 0 Å². The molecule has 3 aromatic rings. The first-order valence-electron chi connectivity index (χ1n) is 6.45. The minimum atomic E-state index is 0.610. The lowest BCUT2D eigenvalue weighted by molar-refractivity contribution is 0.731. The maximum absolute atomic E-state index is 6.13. The van der Waals surface area contributed by atoms with Crippen molar-refractivity contribution in [3.8, 4) is 17.1 Å². The Morgan fingerprint density at radius 3 is 2.52 bits per heavy atom. The van der Waals surface area contributed by atoms with E-state index >= 15 is 0 Å². The van der Waals surface area contributed by atoms with Gasteiger partial charge in [0.2, 0.25) is 0 Å². The summed E-state index contributed by atoms with van der Waals surface area (Å²) in [6.07, 6.45) is 3.50. The first-order valence-corrected chi connectivity index (χ1v) is 7.24. The molecule has 0 aliphatic rings. The van der Waals surface area contributed by atoms with E-state index in [0.717, 1.165) is 32.9 Å². The van der Waals surface area contributed by atoms with Crippen molar-refractivity contribution in [3.63, 3.8) is 0 Å². The fraction of sp³-hybridized carbons (Fsp3) is 0.214. The molecule has 0 saturated heterocycles. The largest absolute Gasteiger partial charge is 0.396 e. The molecule has 3 aromatic heterocycles. The third-order valence-corrected chi connectivity index (χ3v) is 3.90. The van der Waals surface area contributed by atoms with Gasteiger partial charge in [-0.3, -0.25) is 4.68 Å². The Hall–Kier alpha value is -2.15. The molecule has 0 fully saturated rings. The molecule has 0 aromatic carbocycles. The summed E-state index contributed by atoms with van der Waals surface area (Å²) in [7, 11) is 1.91. The van der Waals surface area contributed by atoms with Crippen LogP contribution >= 0.6 is 15.9 Å². The van der Waals surface area contributed by atoms with Crippen LogP contribution in [-0.4, -0.2) is 24.5 Å². The molecule has 0 atom stereocenters. The number of anilines is 1. The van der Waals surface area contributed by atoms with E-state index in [0.29, 0.717) is 5.69 Å². The number of nitrogen functional groups attached to an aromatic ring is 1. The standard InChI is InChI=1S/C14H15BrN6/c1-8-13(9(2)20(3)18-8)14-11(16)7-21(19-14)12-5-4-10(15)6-17-12/h4-7H,16H2,1-3H3. The maximum atomic E-state index is 6.13. The van der Waals surface area contributed by atoms with Crippen LogP contribution in [0.5, 0.6) is 0 Å². The van der Waals surface area contributed by atoms with E-state index in [1.165, 1.54) is 0 Å². The van der Waals surface area contributed by atoms with Crippen LogP contribution in [0.2, 0.25) is 0 Å². The number of aryl methyl sites for hydroxylation is 2. The van der Waals surface area contributed by atoms with Crippen LogP contribution in [0.3, 0.4) is 0 Å². The van der Waals surface area contributed by atoms with Gasteiger partial charge in [0.15, 0.2) is 5.82 Å². The lowest BCUT2D eigenvalue weighted by atomic mass is 10.1. The molecule has 0 bridgehead atoms. The van der Waals surface area contributed by atoms with Crippen LogP contribution < -0.4 is 5.73 Å². The molecule has 0 amide bonds. The van der Waals surface area contributed by atoms with Gasteiger partial charge >= 0.3 is 0 Å². The fourth-order valence-electron chi connectivity index (χ4n) is 2.32. The van der Waals surface area contributed by atoms with Crippen LogP contribution in [0.25, 0.3) is 17.1 Å². The Bertz CT molecular complexity index is 800. The van der Waals surface area contributed by atoms with Gasteiger partial charge < -0.3 is 5.73 Å². The molecule has 0 aliphatic heterocycles. The second kappa shape index (κ2) is 5.00. The van der Waals surface area contributed by atoms with Crippen LogP contribution in [-0.2, 0) is 7.05 Å². The Balaban J connectivity index is 2.12. The molecule has 0 radical (unpaired) electrons. The van der Waals surface area contributed by atoms with Gasteiger partial charge in [0.05, 0.1) is 17.6 Å². The van der Waals surface area contributed by atoms with E-state index in [-0.39, 0.29) is 0 Å². The zero-order valence-corrected chi connectivity index (χ0v) is 13.6. The quantitative estimate of drug-likeness (QED) is 0.773. The van der Waals surface area contributed by atoms with Crippen molar-refractivity contribution in [2.24, 2.45) is 7.05 Å². The number of halogens is 1. The highest BCUT2D eigenvalue weighted by atomic mass is 79.9. The lowest BCUT2D eigenvalue weighted by Crippen LogP contribution is -1.98. The lowest BCUT2D eigenvalue weighted by Gasteiger charge is -2.00. The van der Waals surface area contributed by atoms with Gasteiger partial charge in [0.25, 0.3) is 0 Å². The van der Waals surface area contributed by atoms with Gasteiger partial charge in [0.1, 0.15) is 5.69 Å². The summed E-state index contributed by atoms with van der Waals surface area (Å²) in [6.45, 7) is 3.96. The first-order chi connectivity index (χ1) is 9.97. The summed E-state index contributed by atoms with van der Waals surface area (Å²) in [5, 5.41) is 8.99. The van der Waals surface area contributed by atoms with Gasteiger partial charge in [-0.15, -0.1) is 0 Å². The molecule has 21 heavy (non-hydrogen) atoms. The van der Waals surface area contributed by atoms with Crippen molar-refractivity contribution in [2.75, 3.05) is 5.73 Å². The molecule has 7 heteroatoms. The number of aromatic nitrogens is 5. The number of hydrogen-bond acceptors (Lipinski definition) is 4. The highest BCUT2D eigenvalue weighted by Gasteiger charge is 2.18. The normalized spacial score (nSPS) is 11.0. The van der Waals surface area contributed by atoms with E-state index < -0.39 is 0 Å². The summed E-state index contributed by atoms with van der Waals surface area (Å²) in [5.74, 6) is 0.718. The Morgan fingerprint density at radius 1 is 1.19 bits per heavy atom. The molecule has 3 heterocycles. The van der Waals surface area contributed by atoms with Crippen molar-refractivity contribution in [2.45, 2.75) is 13.8 Å². The van der Waals surface area contributed by atoms with Gasteiger partial charge in [-0.05, 0) is 41.9 Å². The van der Waals surface area contributed by atoms with Gasteiger partial charge in [0, 0.05) is 29.0 Å². The third-order valence-electron chi connectivity index (χ3n) is 3.43. The van der Waals surface area contributed by atoms with E-state index in [2.05, 4.69) is 31.1 Å². The molecular formula is C14H15BrN6. The van der Waals surface area contributed by atoms with Crippen LogP contribution in [0.15, 0.2) is 29.0 Å². The van der Waals surface area contributed by atoms with Gasteiger partial charge in [-0.2, -0.15) is 10.2 Å². The summed E-state index contributed by atoms with van der Waals surface area (Å²) < 4.78 is 4.44. The molecule has 0 unspecified atom stereocenters. The molecule has 108 valence electrons. The highest BCUT2D eigenvalue weighted by Crippen LogP contribution is 2.30. The number of hydrogen-bond donors (Lipinski definition) is 1. The monoisotopic (exact) mass is 346 g/mol. The van der Waals surface area contributed by atoms with Crippen LogP contribution in [0.4, 0.5) is 5.69 Å². The zero-order valence-electron chi connectivity index (χ0n) is 12.0. The highest BCUT2D eigenvalue weighted by molar-refractivity contribution is 9.10. The molecule has 6 nitrogen and oxygen atoms in total. The number of nitrogens with two attached hydrogens (primary N) is 1. The Labute approximate surface area is 130 Å². The van der Waals surface area contributed by atoms with Crippen molar-refractivity contribution < 1.29 is 0 Å². The minimum Gasteiger partial charge on any atom is -0.396 e. The molecule has 3 rings (SSSR count). The van der Waals surface area contributed by atoms with Crippen molar-refractivity contribution in [3.05, 3.63) is 40.4 Å². The fourth-order valence-corrected chi connectivity index (χ4v) is 2.55. The summed E-state index contributed by atoms with van der Waals surface area (Å²) in [4.78, 5) is 4.32. The van der Waals surface area contributed by atoms with Crippen molar-refractivity contribution >= 4 is 21.6 Å². The maximum Gasteiger partial charge on any atom is 0.153 e. The van der Waals surface area contributed by atoms with Crippen molar-refractivity contribution in [1.82, 2.24) is 24.5 Å². The zero-order chi connectivity index (χ0) is 15.1. The first kappa shape index (κ1) is 13.8. The Kier molecular flexibility index (Phi) is 3.29. The van der Waals surface area contributed by atoms with E-state index in [9.17, 15) is 0 Å². The van der Waals surface area contributed by atoms with E-state index in [1.807, 2.05) is 37.7 Å². The predicted octanol–water partition coefficient (Wildman–Crippen LogP) is 2.63. The van der Waals surface area contributed by atoms with Crippen LogP contribution in [0, 0.1) is 13.8 Å². The third kappa shape index (κ3) is 2.33. The average molecular weight is 347 g/mol. The second-order valence-electron chi connectivity index (χ2n) is 4.88. The minimum absolute atomic E-state index is 0.610. The topological polar surface area (TPSA) is 74.5 Å². The average Bonchev–Trinajstić information content (AvgIpc) is 2.92. The van der Waals surface area contributed by atoms with Crippen LogP contribution in [0.1, 0.15) is 11.4 Å². The predicted molar refractivity (Wildman–Crippen MR) is 85.1 cm³/mol. The van der Waals surface area contributed by atoms with Gasteiger partial charge in [-0.25, -0.2) is 9.67 Å². The Morgan fingerprint density at radius 2 is 1.95 bits per heavy atom. The van der Waals surface area contributed by atoms with Gasteiger partial charge in [-0.1, -0.05) is 0 Å². The van der Waals surface area contributed by atoms with E-state index in [1.54, 1.807) is 17.1 Å². The summed E-state index contributed by atoms with van der Waals surface area (Å²) in [5.41, 5.74) is 10.4. The summed E-state index contributed by atoms with van der Waals surface area (Å²) in [6, 6.07) is 3.80. The molecule has 0 aliphatic carbocycles. The molecule has 0 saturated carbocycles. The SMILES string of the molecule is Cc1nn(C)c(C)c1-c1nn(-c2ccc(Br)cn2)cc1N.